The van der Waals surface area contributed by atoms with Crippen molar-refractivity contribution in [2.45, 2.75) is 57.5 Å². The molecule has 0 amide bonds. The molecule has 0 aliphatic heterocycles. The molecule has 5 heteroatoms. The van der Waals surface area contributed by atoms with Gasteiger partial charge in [-0.1, -0.05) is 43.0 Å². The predicted octanol–water partition coefficient (Wildman–Crippen LogP) is 3.81. The third-order valence-electron chi connectivity index (χ3n) is 3.85. The van der Waals surface area contributed by atoms with Crippen molar-refractivity contribution in [3.05, 3.63) is 28.0 Å². The minimum atomic E-state index is -0.0927. The summed E-state index contributed by atoms with van der Waals surface area (Å²) in [4.78, 5) is 16.4. The molecular formula is C15H20Cl2N2O. The fourth-order valence-electron chi connectivity index (χ4n) is 2.69. The van der Waals surface area contributed by atoms with Crippen molar-refractivity contribution in [1.29, 1.82) is 0 Å². The molecule has 1 atom stereocenters. The van der Waals surface area contributed by atoms with Gasteiger partial charge in [-0.25, -0.2) is 4.98 Å². The van der Waals surface area contributed by atoms with Gasteiger partial charge in [-0.05, 0) is 30.9 Å². The number of hydrogen-bond acceptors (Lipinski definition) is 3. The van der Waals surface area contributed by atoms with Crippen molar-refractivity contribution in [2.24, 2.45) is 0 Å². The Bertz CT molecular complexity index is 473. The lowest BCUT2D eigenvalue weighted by molar-refractivity contribution is -0.120. The second-order valence-corrected chi connectivity index (χ2v) is 6.14. The first kappa shape index (κ1) is 15.7. The Labute approximate surface area is 130 Å². The zero-order valence-corrected chi connectivity index (χ0v) is 13.2. The van der Waals surface area contributed by atoms with E-state index in [1.807, 2.05) is 6.92 Å². The molecule has 1 N–H and O–H groups in total. The third kappa shape index (κ3) is 4.18. The molecule has 1 aliphatic carbocycles. The smallest absolute Gasteiger partial charge is 0.154 e. The van der Waals surface area contributed by atoms with Crippen LogP contribution in [-0.2, 0) is 11.2 Å². The lowest BCUT2D eigenvalue weighted by Gasteiger charge is -2.20. The van der Waals surface area contributed by atoms with E-state index in [2.05, 4.69) is 10.3 Å². The molecule has 0 radical (unpaired) electrons. The van der Waals surface area contributed by atoms with Gasteiger partial charge in [0.15, 0.2) is 5.78 Å². The molecule has 2 rings (SSSR count). The van der Waals surface area contributed by atoms with Crippen LogP contribution in [0.3, 0.4) is 0 Å². The average Bonchev–Trinajstić information content (AvgIpc) is 2.92. The van der Waals surface area contributed by atoms with E-state index in [0.29, 0.717) is 22.6 Å². The molecule has 1 aliphatic rings. The van der Waals surface area contributed by atoms with Gasteiger partial charge in [0, 0.05) is 23.7 Å². The van der Waals surface area contributed by atoms with Crippen LogP contribution in [0.25, 0.3) is 0 Å². The minimum absolute atomic E-state index is 0.0927. The summed E-state index contributed by atoms with van der Waals surface area (Å²) in [5, 5.41) is 4.34. The monoisotopic (exact) mass is 314 g/mol. The highest BCUT2D eigenvalue weighted by atomic mass is 35.5. The fraction of sp³-hybridized carbons (Fsp3) is 0.600. The maximum absolute atomic E-state index is 12.4. The second kappa shape index (κ2) is 7.39. The molecule has 0 spiro atoms. The summed E-state index contributed by atoms with van der Waals surface area (Å²) in [5.74, 6) is 0.172. The van der Waals surface area contributed by atoms with Crippen molar-refractivity contribution in [1.82, 2.24) is 10.3 Å². The summed E-state index contributed by atoms with van der Waals surface area (Å²) in [6, 6.07) is 1.98. The number of ketones is 1. The normalized spacial score (nSPS) is 17.4. The van der Waals surface area contributed by atoms with Gasteiger partial charge >= 0.3 is 0 Å². The highest BCUT2D eigenvalue weighted by molar-refractivity contribution is 6.34. The van der Waals surface area contributed by atoms with Crippen molar-refractivity contribution < 1.29 is 4.79 Å². The molecule has 20 heavy (non-hydrogen) atoms. The van der Waals surface area contributed by atoms with Crippen LogP contribution in [0, 0.1) is 0 Å². The van der Waals surface area contributed by atoms with Crippen molar-refractivity contribution in [2.75, 3.05) is 0 Å². The Hall–Kier alpha value is -0.640. The van der Waals surface area contributed by atoms with E-state index in [1.165, 1.54) is 25.7 Å². The summed E-state index contributed by atoms with van der Waals surface area (Å²) in [6.45, 7) is 2.03. The summed E-state index contributed by atoms with van der Waals surface area (Å²) in [6.07, 6.45) is 7.56. The SMILES string of the molecule is CCC(NC1CCCC1)C(=O)Cc1cnc(Cl)cc1Cl. The van der Waals surface area contributed by atoms with Crippen LogP contribution >= 0.6 is 23.2 Å². The maximum Gasteiger partial charge on any atom is 0.154 e. The van der Waals surface area contributed by atoms with Gasteiger partial charge in [-0.2, -0.15) is 0 Å². The molecule has 0 aromatic carbocycles. The van der Waals surface area contributed by atoms with Gasteiger partial charge in [0.05, 0.1) is 6.04 Å². The summed E-state index contributed by atoms with van der Waals surface area (Å²) < 4.78 is 0. The molecule has 1 aromatic heterocycles. The van der Waals surface area contributed by atoms with Crippen LogP contribution in [-0.4, -0.2) is 22.9 Å². The highest BCUT2D eigenvalue weighted by Gasteiger charge is 2.23. The first-order chi connectivity index (χ1) is 9.60. The fourth-order valence-corrected chi connectivity index (χ4v) is 3.12. The van der Waals surface area contributed by atoms with Crippen LogP contribution in [0.1, 0.15) is 44.6 Å². The first-order valence-corrected chi connectivity index (χ1v) is 7.94. The predicted molar refractivity (Wildman–Crippen MR) is 82.4 cm³/mol. The Balaban J connectivity index is 1.97. The second-order valence-electron chi connectivity index (χ2n) is 5.35. The van der Waals surface area contributed by atoms with E-state index in [-0.39, 0.29) is 11.8 Å². The van der Waals surface area contributed by atoms with Gasteiger partial charge < -0.3 is 5.32 Å². The minimum Gasteiger partial charge on any atom is -0.305 e. The Morgan fingerprint density at radius 3 is 2.75 bits per heavy atom. The standard InChI is InChI=1S/C15H20Cl2N2O/c1-2-13(19-11-5-3-4-6-11)14(20)7-10-9-18-15(17)8-12(10)16/h8-9,11,13,19H,2-7H2,1H3. The van der Waals surface area contributed by atoms with Gasteiger partial charge in [-0.15, -0.1) is 0 Å². The lowest BCUT2D eigenvalue weighted by Crippen LogP contribution is -2.42. The molecule has 3 nitrogen and oxygen atoms in total. The zero-order valence-electron chi connectivity index (χ0n) is 11.7. The Morgan fingerprint density at radius 2 is 2.15 bits per heavy atom. The van der Waals surface area contributed by atoms with Gasteiger partial charge in [0.1, 0.15) is 5.15 Å². The van der Waals surface area contributed by atoms with Crippen LogP contribution < -0.4 is 5.32 Å². The Morgan fingerprint density at radius 1 is 1.45 bits per heavy atom. The largest absolute Gasteiger partial charge is 0.305 e. The number of pyridine rings is 1. The molecule has 1 fully saturated rings. The van der Waals surface area contributed by atoms with E-state index < -0.39 is 0 Å². The first-order valence-electron chi connectivity index (χ1n) is 7.18. The molecule has 0 saturated heterocycles. The third-order valence-corrected chi connectivity index (χ3v) is 4.41. The molecule has 110 valence electrons. The van der Waals surface area contributed by atoms with Gasteiger partial charge in [0.2, 0.25) is 0 Å². The summed E-state index contributed by atoms with van der Waals surface area (Å²) in [7, 11) is 0. The topological polar surface area (TPSA) is 42.0 Å². The van der Waals surface area contributed by atoms with Crippen LogP contribution in [0.15, 0.2) is 12.3 Å². The van der Waals surface area contributed by atoms with Crippen molar-refractivity contribution >= 4 is 29.0 Å². The van der Waals surface area contributed by atoms with E-state index in [1.54, 1.807) is 12.3 Å². The number of nitrogens with one attached hydrogen (secondary N) is 1. The van der Waals surface area contributed by atoms with E-state index in [9.17, 15) is 4.79 Å². The molecule has 0 bridgehead atoms. The molecular weight excluding hydrogens is 295 g/mol. The van der Waals surface area contributed by atoms with E-state index >= 15 is 0 Å². The molecule has 1 aromatic rings. The van der Waals surface area contributed by atoms with E-state index in [4.69, 9.17) is 23.2 Å². The van der Waals surface area contributed by atoms with Crippen LogP contribution in [0.2, 0.25) is 10.2 Å². The number of carbonyl (C=O) groups is 1. The average molecular weight is 315 g/mol. The number of aromatic nitrogens is 1. The number of hydrogen-bond donors (Lipinski definition) is 1. The number of nitrogens with zero attached hydrogens (tertiary/aromatic N) is 1. The highest BCUT2D eigenvalue weighted by Crippen LogP contribution is 2.21. The van der Waals surface area contributed by atoms with Gasteiger partial charge in [-0.3, -0.25) is 4.79 Å². The van der Waals surface area contributed by atoms with Crippen molar-refractivity contribution in [3.8, 4) is 0 Å². The maximum atomic E-state index is 12.4. The number of Topliss-reactive ketones (excluding diaryl/α,β-unsaturated/α-hetero) is 1. The number of halogens is 2. The number of carbonyl (C=O) groups excluding carboxylic acids is 1. The number of rotatable bonds is 6. The Kier molecular flexibility index (Phi) is 5.82. The van der Waals surface area contributed by atoms with Crippen LogP contribution in [0.4, 0.5) is 0 Å². The van der Waals surface area contributed by atoms with Gasteiger partial charge in [0.25, 0.3) is 0 Å². The van der Waals surface area contributed by atoms with E-state index in [0.717, 1.165) is 12.0 Å². The van der Waals surface area contributed by atoms with Crippen LogP contribution in [0.5, 0.6) is 0 Å². The molecule has 1 heterocycles. The molecule has 1 unspecified atom stereocenters. The summed E-state index contributed by atoms with van der Waals surface area (Å²) in [5.41, 5.74) is 0.743. The zero-order chi connectivity index (χ0) is 14.5. The quantitative estimate of drug-likeness (QED) is 0.812. The van der Waals surface area contributed by atoms with Crippen molar-refractivity contribution in [3.63, 3.8) is 0 Å². The lowest BCUT2D eigenvalue weighted by atomic mass is 10.0. The summed E-state index contributed by atoms with van der Waals surface area (Å²) >= 11 is 11.9. The molecule has 1 saturated carbocycles.